The van der Waals surface area contributed by atoms with Gasteiger partial charge < -0.3 is 10.6 Å². The maximum atomic E-state index is 12.8. The van der Waals surface area contributed by atoms with Gasteiger partial charge in [0.05, 0.1) is 6.54 Å². The highest BCUT2D eigenvalue weighted by Gasteiger charge is 2.44. The number of anilines is 1. The first-order valence-electron chi connectivity index (χ1n) is 7.83. The van der Waals surface area contributed by atoms with Crippen molar-refractivity contribution in [2.75, 3.05) is 25.0 Å². The zero-order chi connectivity index (χ0) is 19.3. The van der Waals surface area contributed by atoms with Crippen LogP contribution >= 0.6 is 0 Å². The van der Waals surface area contributed by atoms with Gasteiger partial charge in [-0.05, 0) is 30.7 Å². The summed E-state index contributed by atoms with van der Waals surface area (Å²) < 4.78 is 12.8. The smallest absolute Gasteiger partial charge is 0.334 e. The Kier molecular flexibility index (Phi) is 5.99. The second-order valence-corrected chi connectivity index (χ2v) is 5.46. The highest BCUT2D eigenvalue weighted by molar-refractivity contribution is 6.45. The second kappa shape index (κ2) is 8.19. The lowest BCUT2D eigenvalue weighted by Crippen LogP contribution is -2.43. The SMILES string of the molecule is CCCN1C(=O)C(=O)N(CC(=O)NCC(=O)Nc2ccc(F)cc2)C1=O. The topological polar surface area (TPSA) is 116 Å². The molecule has 0 aliphatic carbocycles. The van der Waals surface area contributed by atoms with Gasteiger partial charge >= 0.3 is 17.8 Å². The predicted molar refractivity (Wildman–Crippen MR) is 87.2 cm³/mol. The Hall–Kier alpha value is -3.30. The molecule has 0 radical (unpaired) electrons. The van der Waals surface area contributed by atoms with Crippen molar-refractivity contribution < 1.29 is 28.4 Å². The van der Waals surface area contributed by atoms with E-state index in [1.807, 2.05) is 0 Å². The number of halogens is 1. The molecule has 0 saturated carbocycles. The molecule has 1 fully saturated rings. The van der Waals surface area contributed by atoms with Crippen molar-refractivity contribution in [1.82, 2.24) is 15.1 Å². The predicted octanol–water partition coefficient (Wildman–Crippen LogP) is 0.0812. The number of nitrogens with zero attached hydrogens (tertiary/aromatic N) is 2. The van der Waals surface area contributed by atoms with Gasteiger partial charge in [-0.25, -0.2) is 14.1 Å². The van der Waals surface area contributed by atoms with Gasteiger partial charge in [-0.2, -0.15) is 0 Å². The first-order valence-corrected chi connectivity index (χ1v) is 7.83. The standard InChI is InChI=1S/C16H17FN4O5/c1-2-7-20-14(24)15(25)21(16(20)26)9-13(23)18-8-12(22)19-11-5-3-10(17)4-6-11/h3-6H,2,7-9H2,1H3,(H,18,23)(H,19,22). The van der Waals surface area contributed by atoms with E-state index in [1.54, 1.807) is 6.92 Å². The van der Waals surface area contributed by atoms with Crippen molar-refractivity contribution >= 4 is 35.3 Å². The molecule has 0 spiro atoms. The van der Waals surface area contributed by atoms with Crippen LogP contribution in [-0.4, -0.2) is 59.1 Å². The maximum Gasteiger partial charge on any atom is 0.334 e. The lowest BCUT2D eigenvalue weighted by molar-refractivity contribution is -0.144. The van der Waals surface area contributed by atoms with E-state index in [4.69, 9.17) is 0 Å². The van der Waals surface area contributed by atoms with E-state index in [0.717, 1.165) is 17.0 Å². The number of rotatable bonds is 7. The van der Waals surface area contributed by atoms with Crippen molar-refractivity contribution in [3.05, 3.63) is 30.1 Å². The van der Waals surface area contributed by atoms with Gasteiger partial charge in [-0.1, -0.05) is 6.92 Å². The number of hydrogen-bond donors (Lipinski definition) is 2. The molecule has 9 nitrogen and oxygen atoms in total. The summed E-state index contributed by atoms with van der Waals surface area (Å²) in [6.45, 7) is 0.744. The fraction of sp³-hybridized carbons (Fsp3) is 0.312. The molecule has 1 heterocycles. The molecule has 1 aliphatic heterocycles. The number of hydrogen-bond acceptors (Lipinski definition) is 5. The van der Waals surface area contributed by atoms with Gasteiger partial charge in [0.15, 0.2) is 0 Å². The summed E-state index contributed by atoms with van der Waals surface area (Å²) >= 11 is 0. The normalized spacial score (nSPS) is 14.0. The Morgan fingerprint density at radius 2 is 1.62 bits per heavy atom. The summed E-state index contributed by atoms with van der Waals surface area (Å²) in [6.07, 6.45) is 0.481. The third-order valence-corrected chi connectivity index (χ3v) is 3.46. The lowest BCUT2D eigenvalue weighted by atomic mass is 10.3. The summed E-state index contributed by atoms with van der Waals surface area (Å²) in [5.41, 5.74) is 0.344. The third-order valence-electron chi connectivity index (χ3n) is 3.46. The van der Waals surface area contributed by atoms with Crippen LogP contribution in [0.4, 0.5) is 14.9 Å². The Balaban J connectivity index is 1.83. The third kappa shape index (κ3) is 4.41. The molecule has 10 heteroatoms. The fourth-order valence-electron chi connectivity index (χ4n) is 2.23. The summed E-state index contributed by atoms with van der Waals surface area (Å²) in [6, 6.07) is 4.18. The Bertz CT molecular complexity index is 750. The van der Waals surface area contributed by atoms with Gasteiger partial charge in [0, 0.05) is 12.2 Å². The summed E-state index contributed by atoms with van der Waals surface area (Å²) in [5.74, 6) is -3.85. The van der Waals surface area contributed by atoms with Crippen LogP contribution in [-0.2, 0) is 19.2 Å². The van der Waals surface area contributed by atoms with E-state index in [9.17, 15) is 28.4 Å². The van der Waals surface area contributed by atoms with Gasteiger partial charge in [0.1, 0.15) is 12.4 Å². The van der Waals surface area contributed by atoms with E-state index < -0.39 is 48.6 Å². The average molecular weight is 364 g/mol. The quantitative estimate of drug-likeness (QED) is 0.525. The molecule has 0 unspecified atom stereocenters. The molecular weight excluding hydrogens is 347 g/mol. The highest BCUT2D eigenvalue weighted by atomic mass is 19.1. The zero-order valence-electron chi connectivity index (χ0n) is 14.0. The molecule has 1 aromatic rings. The minimum Gasteiger partial charge on any atom is -0.345 e. The number of amides is 6. The van der Waals surface area contributed by atoms with Crippen LogP contribution in [0.5, 0.6) is 0 Å². The van der Waals surface area contributed by atoms with Crippen LogP contribution in [0.25, 0.3) is 0 Å². The molecule has 6 amide bonds. The van der Waals surface area contributed by atoms with Crippen molar-refractivity contribution in [2.45, 2.75) is 13.3 Å². The molecule has 1 saturated heterocycles. The van der Waals surface area contributed by atoms with Crippen molar-refractivity contribution in [1.29, 1.82) is 0 Å². The lowest BCUT2D eigenvalue weighted by Gasteiger charge is -2.14. The molecule has 2 N–H and O–H groups in total. The van der Waals surface area contributed by atoms with Gasteiger partial charge in [0.25, 0.3) is 0 Å². The van der Waals surface area contributed by atoms with E-state index in [-0.39, 0.29) is 6.54 Å². The number of carbonyl (C=O) groups is 5. The van der Waals surface area contributed by atoms with Crippen LogP contribution in [0, 0.1) is 5.82 Å². The molecule has 1 aliphatic rings. The van der Waals surface area contributed by atoms with Crippen LogP contribution < -0.4 is 10.6 Å². The fourth-order valence-corrected chi connectivity index (χ4v) is 2.23. The Labute approximate surface area is 148 Å². The van der Waals surface area contributed by atoms with E-state index in [0.29, 0.717) is 17.0 Å². The summed E-state index contributed by atoms with van der Waals surface area (Å²) in [7, 11) is 0. The minimum absolute atomic E-state index is 0.0849. The van der Waals surface area contributed by atoms with Gasteiger partial charge in [0.2, 0.25) is 11.8 Å². The molecule has 26 heavy (non-hydrogen) atoms. The molecule has 0 bridgehead atoms. The zero-order valence-corrected chi connectivity index (χ0v) is 14.0. The first-order chi connectivity index (χ1) is 12.3. The van der Waals surface area contributed by atoms with E-state index in [2.05, 4.69) is 10.6 Å². The maximum absolute atomic E-state index is 12.8. The Morgan fingerprint density at radius 1 is 1.00 bits per heavy atom. The van der Waals surface area contributed by atoms with Crippen LogP contribution in [0.15, 0.2) is 24.3 Å². The second-order valence-electron chi connectivity index (χ2n) is 5.46. The molecule has 2 rings (SSSR count). The Morgan fingerprint density at radius 3 is 2.23 bits per heavy atom. The molecule has 0 atom stereocenters. The number of urea groups is 1. The summed E-state index contributed by atoms with van der Waals surface area (Å²) in [4.78, 5) is 60.3. The largest absolute Gasteiger partial charge is 0.345 e. The summed E-state index contributed by atoms with van der Waals surface area (Å²) in [5, 5.41) is 4.68. The number of imide groups is 2. The molecule has 0 aromatic heterocycles. The molecule has 138 valence electrons. The monoisotopic (exact) mass is 364 g/mol. The van der Waals surface area contributed by atoms with Gasteiger partial charge in [-0.3, -0.25) is 24.1 Å². The van der Waals surface area contributed by atoms with E-state index in [1.165, 1.54) is 12.1 Å². The van der Waals surface area contributed by atoms with Crippen molar-refractivity contribution in [3.8, 4) is 0 Å². The number of benzene rings is 1. The van der Waals surface area contributed by atoms with Crippen LogP contribution in [0.3, 0.4) is 0 Å². The molecule has 1 aromatic carbocycles. The molecular formula is C16H17FN4O5. The minimum atomic E-state index is -1.07. The van der Waals surface area contributed by atoms with E-state index >= 15 is 0 Å². The van der Waals surface area contributed by atoms with Crippen molar-refractivity contribution in [3.63, 3.8) is 0 Å². The number of nitrogens with one attached hydrogen (secondary N) is 2. The number of carbonyl (C=O) groups excluding carboxylic acids is 5. The average Bonchev–Trinajstić information content (AvgIpc) is 2.80. The first kappa shape index (κ1) is 19.0. The highest BCUT2D eigenvalue weighted by Crippen LogP contribution is 2.12. The van der Waals surface area contributed by atoms with Gasteiger partial charge in [-0.15, -0.1) is 0 Å². The van der Waals surface area contributed by atoms with Crippen LogP contribution in [0.2, 0.25) is 0 Å². The van der Waals surface area contributed by atoms with Crippen LogP contribution in [0.1, 0.15) is 13.3 Å². The van der Waals surface area contributed by atoms with Crippen molar-refractivity contribution in [2.24, 2.45) is 0 Å².